The van der Waals surface area contributed by atoms with Crippen molar-refractivity contribution >= 4 is 23.5 Å². The summed E-state index contributed by atoms with van der Waals surface area (Å²) in [4.78, 5) is 2.22. The van der Waals surface area contributed by atoms with Crippen molar-refractivity contribution in [2.45, 2.75) is 66.3 Å². The molecule has 3 aliphatic rings. The van der Waals surface area contributed by atoms with E-state index in [2.05, 4.69) is 81.4 Å². The Bertz CT molecular complexity index is 1300. The number of hydrogen-bond donors (Lipinski definition) is 1. The molecule has 0 amide bonds. The lowest BCUT2D eigenvalue weighted by molar-refractivity contribution is -0.197. The van der Waals surface area contributed by atoms with Gasteiger partial charge in [0.05, 0.1) is 12.0 Å². The lowest BCUT2D eigenvalue weighted by atomic mass is 9.75. The number of ether oxygens (including phenoxy) is 4. The van der Waals surface area contributed by atoms with Gasteiger partial charge in [-0.3, -0.25) is 0 Å². The van der Waals surface area contributed by atoms with E-state index < -0.39 is 10.4 Å². The van der Waals surface area contributed by atoms with E-state index in [1.165, 1.54) is 6.42 Å². The number of aliphatic hydroxyl groups is 1. The quantitative estimate of drug-likeness (QED) is 0.197. The van der Waals surface area contributed by atoms with E-state index in [-0.39, 0.29) is 24.8 Å². The van der Waals surface area contributed by atoms with Gasteiger partial charge in [-0.2, -0.15) is 0 Å². The maximum absolute atomic E-state index is 10.9. The highest BCUT2D eigenvalue weighted by molar-refractivity contribution is 8.17. The summed E-state index contributed by atoms with van der Waals surface area (Å²) in [7, 11) is 0. The minimum absolute atomic E-state index is 0.0588. The van der Waals surface area contributed by atoms with Gasteiger partial charge in [0.1, 0.15) is 4.08 Å². The van der Waals surface area contributed by atoms with Gasteiger partial charge in [0.15, 0.2) is 11.5 Å². The van der Waals surface area contributed by atoms with E-state index >= 15 is 0 Å². The van der Waals surface area contributed by atoms with Crippen LogP contribution in [0.4, 0.5) is 0 Å². The SMILES string of the molecule is CC(C)[C@@H]1CC[C@@H](C)C[C@H]1O[C@@H]1OC(O)=C[C@H]1C(Sc1ccccc1)(Sc1ccccc1)c1ccc2c(c1)OCO2. The first-order valence-corrected chi connectivity index (χ1v) is 16.2. The van der Waals surface area contributed by atoms with Crippen molar-refractivity contribution in [2.24, 2.45) is 23.7 Å². The smallest absolute Gasteiger partial charge is 0.275 e. The van der Waals surface area contributed by atoms with Crippen LogP contribution in [0.5, 0.6) is 11.5 Å². The fourth-order valence-corrected chi connectivity index (χ4v) is 9.37. The van der Waals surface area contributed by atoms with Gasteiger partial charge >= 0.3 is 0 Å². The monoisotopic (exact) mass is 590 g/mol. The third-order valence-electron chi connectivity index (χ3n) is 8.36. The molecule has 2 heterocycles. The zero-order chi connectivity index (χ0) is 28.4. The molecule has 5 nitrogen and oxygen atoms in total. The van der Waals surface area contributed by atoms with E-state index in [0.717, 1.165) is 39.7 Å². The van der Waals surface area contributed by atoms with Crippen LogP contribution in [0.3, 0.4) is 0 Å². The number of benzene rings is 3. The van der Waals surface area contributed by atoms with Crippen molar-refractivity contribution in [3.63, 3.8) is 0 Å². The lowest BCUT2D eigenvalue weighted by Crippen LogP contribution is -2.42. The molecule has 1 fully saturated rings. The van der Waals surface area contributed by atoms with Crippen LogP contribution in [0.2, 0.25) is 0 Å². The van der Waals surface area contributed by atoms with Gasteiger partial charge in [0, 0.05) is 15.9 Å². The number of rotatable bonds is 9. The second kappa shape index (κ2) is 12.2. The van der Waals surface area contributed by atoms with Crippen molar-refractivity contribution < 1.29 is 24.1 Å². The van der Waals surface area contributed by atoms with Crippen molar-refractivity contribution in [2.75, 3.05) is 6.79 Å². The second-order valence-corrected chi connectivity index (χ2v) is 14.5. The van der Waals surface area contributed by atoms with Crippen LogP contribution < -0.4 is 9.47 Å². The van der Waals surface area contributed by atoms with Crippen LogP contribution in [0, 0.1) is 23.7 Å². The Labute approximate surface area is 251 Å². The number of aliphatic hydroxyl groups excluding tert-OH is 1. The predicted octanol–water partition coefficient (Wildman–Crippen LogP) is 9.00. The van der Waals surface area contributed by atoms with Gasteiger partial charge in [-0.1, -0.05) is 69.7 Å². The molecule has 3 aromatic rings. The Morgan fingerprint density at radius 2 is 1.54 bits per heavy atom. The average molecular weight is 591 g/mol. The first-order valence-electron chi connectivity index (χ1n) is 14.5. The summed E-state index contributed by atoms with van der Waals surface area (Å²) in [6.45, 7) is 7.09. The molecule has 0 saturated heterocycles. The molecule has 7 heteroatoms. The topological polar surface area (TPSA) is 57.2 Å². The Morgan fingerprint density at radius 1 is 0.878 bits per heavy atom. The highest BCUT2D eigenvalue weighted by Gasteiger charge is 2.52. The molecule has 2 aliphatic heterocycles. The molecule has 0 unspecified atom stereocenters. The van der Waals surface area contributed by atoms with Crippen molar-refractivity contribution in [1.82, 2.24) is 0 Å². The van der Waals surface area contributed by atoms with E-state index in [1.807, 2.05) is 24.3 Å². The van der Waals surface area contributed by atoms with Crippen molar-refractivity contribution in [3.05, 3.63) is 96.4 Å². The molecular weight excluding hydrogens is 553 g/mol. The Kier molecular flexibility index (Phi) is 8.47. The molecule has 0 spiro atoms. The van der Waals surface area contributed by atoms with Crippen molar-refractivity contribution in [3.8, 4) is 11.5 Å². The minimum atomic E-state index is -0.674. The molecule has 41 heavy (non-hydrogen) atoms. The summed E-state index contributed by atoms with van der Waals surface area (Å²) in [5.41, 5.74) is 1.04. The highest BCUT2D eigenvalue weighted by Crippen LogP contribution is 2.61. The normalized spacial score (nSPS) is 25.7. The Hall–Kier alpha value is -2.74. The van der Waals surface area contributed by atoms with E-state index in [4.69, 9.17) is 18.9 Å². The summed E-state index contributed by atoms with van der Waals surface area (Å²) < 4.78 is 24.0. The first-order chi connectivity index (χ1) is 19.9. The highest BCUT2D eigenvalue weighted by atomic mass is 32.2. The maximum Gasteiger partial charge on any atom is 0.275 e. The fraction of sp³-hybridized carbons (Fsp3) is 0.412. The average Bonchev–Trinajstić information content (AvgIpc) is 3.59. The zero-order valence-electron chi connectivity index (χ0n) is 23.8. The van der Waals surface area contributed by atoms with Gasteiger partial charge in [-0.15, -0.1) is 23.5 Å². The standard InChI is InChI=1S/C34H38O5S2/c1-22(2)27-16-14-23(3)18-30(27)38-33-28(20-32(35)39-33)34(40-25-10-6-4-7-11-25,41-26-12-8-5-9-13-26)24-15-17-29-31(19-24)37-21-36-29/h4-13,15,17,19-20,22-23,27-28,30,33,35H,14,16,18,21H2,1-3H3/t23-,27+,28-,30-,33-/m1/s1. The fourth-order valence-electron chi connectivity index (χ4n) is 6.22. The maximum atomic E-state index is 10.9. The lowest BCUT2D eigenvalue weighted by Gasteiger charge is -2.43. The molecule has 1 aliphatic carbocycles. The van der Waals surface area contributed by atoms with Gasteiger partial charge in [-0.25, -0.2) is 0 Å². The number of fused-ring (bicyclic) bond motifs is 1. The van der Waals surface area contributed by atoms with Gasteiger partial charge < -0.3 is 24.1 Å². The third-order valence-corrected chi connectivity index (χ3v) is 11.5. The molecule has 6 rings (SSSR count). The molecule has 0 bridgehead atoms. The molecule has 1 N–H and O–H groups in total. The molecule has 1 saturated carbocycles. The summed E-state index contributed by atoms with van der Waals surface area (Å²) in [6, 6.07) is 27.0. The second-order valence-electron chi connectivity index (χ2n) is 11.6. The van der Waals surface area contributed by atoms with Gasteiger partial charge in [0.25, 0.3) is 5.95 Å². The molecule has 0 radical (unpaired) electrons. The molecular formula is C34H38O5S2. The zero-order valence-corrected chi connectivity index (χ0v) is 25.4. The number of thioether (sulfide) groups is 2. The van der Waals surface area contributed by atoms with Crippen LogP contribution in [-0.4, -0.2) is 24.3 Å². The number of hydrogen-bond acceptors (Lipinski definition) is 7. The van der Waals surface area contributed by atoms with Gasteiger partial charge in [-0.05, 0) is 72.6 Å². The van der Waals surface area contributed by atoms with Crippen LogP contribution >= 0.6 is 23.5 Å². The van der Waals surface area contributed by atoms with Crippen LogP contribution in [-0.2, 0) is 13.6 Å². The largest absolute Gasteiger partial charge is 0.481 e. The molecule has 0 aromatic heterocycles. The summed E-state index contributed by atoms with van der Waals surface area (Å²) in [5, 5.41) is 10.9. The van der Waals surface area contributed by atoms with Crippen LogP contribution in [0.25, 0.3) is 0 Å². The van der Waals surface area contributed by atoms with E-state index in [9.17, 15) is 5.11 Å². The van der Waals surface area contributed by atoms with Gasteiger partial charge in [0.2, 0.25) is 13.1 Å². The Balaban J connectivity index is 1.47. The third kappa shape index (κ3) is 6.08. The molecule has 216 valence electrons. The first kappa shape index (κ1) is 28.4. The molecule has 3 aromatic carbocycles. The minimum Gasteiger partial charge on any atom is -0.481 e. The van der Waals surface area contributed by atoms with Crippen LogP contribution in [0.1, 0.15) is 45.6 Å². The summed E-state index contributed by atoms with van der Waals surface area (Å²) in [5.74, 6) is 2.60. The van der Waals surface area contributed by atoms with E-state index in [0.29, 0.717) is 17.8 Å². The van der Waals surface area contributed by atoms with E-state index in [1.54, 1.807) is 23.5 Å². The summed E-state index contributed by atoms with van der Waals surface area (Å²) in [6.07, 6.45) is 4.61. The predicted molar refractivity (Wildman–Crippen MR) is 164 cm³/mol. The molecule has 5 atom stereocenters. The summed E-state index contributed by atoms with van der Waals surface area (Å²) >= 11 is 3.51. The van der Waals surface area contributed by atoms with Crippen LogP contribution in [0.15, 0.2) is 101 Å². The Morgan fingerprint density at radius 3 is 2.20 bits per heavy atom. The van der Waals surface area contributed by atoms with Crippen molar-refractivity contribution in [1.29, 1.82) is 0 Å².